The third-order valence-electron chi connectivity index (χ3n) is 6.01. The topological polar surface area (TPSA) is 139 Å². The van der Waals surface area contributed by atoms with Crippen molar-refractivity contribution in [2.24, 2.45) is 0 Å². The zero-order chi connectivity index (χ0) is 24.5. The average molecular weight is 473 g/mol. The minimum Gasteiger partial charge on any atom is -0.494 e. The predicted octanol–water partition coefficient (Wildman–Crippen LogP) is 1.51. The highest BCUT2D eigenvalue weighted by molar-refractivity contribution is 6.45. The molecule has 0 radical (unpaired) electrons. The van der Waals surface area contributed by atoms with Gasteiger partial charge in [0.2, 0.25) is 0 Å². The number of ketones is 1. The normalized spacial score (nSPS) is 13.7. The molecule has 4 aromatic rings. The lowest BCUT2D eigenvalue weighted by Gasteiger charge is -2.34. The quantitative estimate of drug-likeness (QED) is 0.331. The number of rotatable bonds is 5. The number of ether oxygens (including phenoxy) is 1. The zero-order valence-electron chi connectivity index (χ0n) is 19.0. The monoisotopic (exact) mass is 473 g/mol. The van der Waals surface area contributed by atoms with E-state index in [2.05, 4.69) is 15.1 Å². The lowest BCUT2D eigenvalue weighted by molar-refractivity contribution is -0.127. The molecule has 1 aliphatic heterocycles. The number of fused-ring (bicyclic) bond motifs is 1. The third kappa shape index (κ3) is 3.97. The second-order valence-corrected chi connectivity index (χ2v) is 8.07. The number of aromatic nitrogens is 4. The first kappa shape index (κ1) is 22.1. The molecule has 3 aromatic heterocycles. The SMILES string of the molecule is COc1cnc(-n2ccc(N)n2)c2[nH]cc(C(=O)C(=O)N3CCN(C(=O)c4ccccc4)CC3)c12. The highest BCUT2D eigenvalue weighted by atomic mass is 16.5. The number of hydrogen-bond acceptors (Lipinski definition) is 7. The Labute approximate surface area is 200 Å². The van der Waals surface area contributed by atoms with Crippen molar-refractivity contribution >= 4 is 34.3 Å². The number of H-pyrrole nitrogens is 1. The number of carbonyl (C=O) groups excluding carboxylic acids is 3. The highest BCUT2D eigenvalue weighted by Gasteiger charge is 2.31. The molecule has 0 saturated carbocycles. The summed E-state index contributed by atoms with van der Waals surface area (Å²) >= 11 is 0. The van der Waals surface area contributed by atoms with Gasteiger partial charge in [-0.3, -0.25) is 14.4 Å². The number of nitrogen functional groups attached to an aromatic ring is 1. The Kier molecular flexibility index (Phi) is 5.65. The molecule has 1 aliphatic rings. The number of nitrogens with two attached hydrogens (primary N) is 1. The van der Waals surface area contributed by atoms with Gasteiger partial charge >= 0.3 is 0 Å². The van der Waals surface area contributed by atoms with E-state index < -0.39 is 11.7 Å². The van der Waals surface area contributed by atoms with Crippen LogP contribution < -0.4 is 10.5 Å². The number of nitrogens with one attached hydrogen (secondary N) is 1. The summed E-state index contributed by atoms with van der Waals surface area (Å²) in [7, 11) is 1.47. The Bertz CT molecular complexity index is 1420. The first-order valence-corrected chi connectivity index (χ1v) is 11.0. The Balaban J connectivity index is 1.37. The van der Waals surface area contributed by atoms with Crippen molar-refractivity contribution in [2.75, 3.05) is 39.0 Å². The van der Waals surface area contributed by atoms with Crippen LogP contribution in [0.4, 0.5) is 5.82 Å². The van der Waals surface area contributed by atoms with Crippen LogP contribution in [0.2, 0.25) is 0 Å². The van der Waals surface area contributed by atoms with Gasteiger partial charge in [-0.1, -0.05) is 18.2 Å². The summed E-state index contributed by atoms with van der Waals surface area (Å²) in [5.74, 6) is -0.323. The average Bonchev–Trinajstić information content (AvgIpc) is 3.54. The molecule has 1 saturated heterocycles. The zero-order valence-corrected chi connectivity index (χ0v) is 19.0. The largest absolute Gasteiger partial charge is 0.494 e. The number of aromatic amines is 1. The van der Waals surface area contributed by atoms with Gasteiger partial charge < -0.3 is 25.3 Å². The fraction of sp³-hybridized carbons (Fsp3) is 0.208. The van der Waals surface area contributed by atoms with Crippen LogP contribution in [0.25, 0.3) is 16.7 Å². The minimum atomic E-state index is -0.672. The maximum Gasteiger partial charge on any atom is 0.295 e. The van der Waals surface area contributed by atoms with E-state index >= 15 is 0 Å². The van der Waals surface area contributed by atoms with Gasteiger partial charge in [-0.2, -0.15) is 0 Å². The van der Waals surface area contributed by atoms with Gasteiger partial charge in [0.15, 0.2) is 5.82 Å². The number of pyridine rings is 1. The molecule has 2 amide bonds. The number of methoxy groups -OCH3 is 1. The molecule has 35 heavy (non-hydrogen) atoms. The van der Waals surface area contributed by atoms with Gasteiger partial charge in [0.1, 0.15) is 11.6 Å². The number of Topliss-reactive ketones (excluding diaryl/α,β-unsaturated/α-hetero) is 1. The van der Waals surface area contributed by atoms with Crippen molar-refractivity contribution < 1.29 is 19.1 Å². The van der Waals surface area contributed by atoms with E-state index in [-0.39, 0.29) is 24.6 Å². The van der Waals surface area contributed by atoms with Crippen molar-refractivity contribution in [3.63, 3.8) is 0 Å². The lowest BCUT2D eigenvalue weighted by atomic mass is 10.1. The second-order valence-electron chi connectivity index (χ2n) is 8.07. The Morgan fingerprint density at radius 2 is 1.74 bits per heavy atom. The van der Waals surface area contributed by atoms with Crippen LogP contribution in [-0.2, 0) is 4.79 Å². The second kappa shape index (κ2) is 8.93. The summed E-state index contributed by atoms with van der Waals surface area (Å²) in [6.07, 6.45) is 4.59. The maximum atomic E-state index is 13.3. The Morgan fingerprint density at radius 1 is 1.03 bits per heavy atom. The molecule has 0 bridgehead atoms. The summed E-state index contributed by atoms with van der Waals surface area (Å²) < 4.78 is 6.90. The van der Waals surface area contributed by atoms with Crippen LogP contribution in [-0.4, -0.2) is 80.4 Å². The van der Waals surface area contributed by atoms with Crippen molar-refractivity contribution in [1.29, 1.82) is 0 Å². The van der Waals surface area contributed by atoms with Gasteiger partial charge in [0.05, 0.1) is 29.8 Å². The van der Waals surface area contributed by atoms with Crippen LogP contribution in [0.15, 0.2) is 55.0 Å². The minimum absolute atomic E-state index is 0.0929. The first-order valence-electron chi connectivity index (χ1n) is 11.0. The van der Waals surface area contributed by atoms with Crippen LogP contribution >= 0.6 is 0 Å². The molecule has 1 aromatic carbocycles. The number of benzene rings is 1. The summed E-state index contributed by atoms with van der Waals surface area (Å²) in [5.41, 5.74) is 6.99. The fourth-order valence-corrected chi connectivity index (χ4v) is 4.20. The summed E-state index contributed by atoms with van der Waals surface area (Å²) in [6, 6.07) is 10.6. The van der Waals surface area contributed by atoms with E-state index in [1.165, 1.54) is 29.1 Å². The van der Waals surface area contributed by atoms with E-state index in [0.717, 1.165) is 0 Å². The van der Waals surface area contributed by atoms with Crippen LogP contribution in [0.3, 0.4) is 0 Å². The van der Waals surface area contributed by atoms with E-state index in [4.69, 9.17) is 10.5 Å². The molecule has 0 unspecified atom stereocenters. The fourth-order valence-electron chi connectivity index (χ4n) is 4.20. The molecule has 178 valence electrons. The van der Waals surface area contributed by atoms with Gasteiger partial charge in [0, 0.05) is 50.2 Å². The molecule has 11 nitrogen and oxygen atoms in total. The maximum absolute atomic E-state index is 13.3. The van der Waals surface area contributed by atoms with E-state index in [1.54, 1.807) is 29.3 Å². The molecule has 1 fully saturated rings. The van der Waals surface area contributed by atoms with Gasteiger partial charge in [-0.15, -0.1) is 5.10 Å². The Morgan fingerprint density at radius 3 is 2.40 bits per heavy atom. The number of nitrogens with zero attached hydrogens (tertiary/aromatic N) is 5. The van der Waals surface area contributed by atoms with Gasteiger partial charge in [0.25, 0.3) is 17.6 Å². The van der Waals surface area contributed by atoms with Crippen LogP contribution in [0.1, 0.15) is 20.7 Å². The van der Waals surface area contributed by atoms with Crippen LogP contribution in [0.5, 0.6) is 5.75 Å². The van der Waals surface area contributed by atoms with Crippen molar-refractivity contribution in [2.45, 2.75) is 0 Å². The van der Waals surface area contributed by atoms with Crippen molar-refractivity contribution in [3.8, 4) is 11.6 Å². The summed E-state index contributed by atoms with van der Waals surface area (Å²) in [6.45, 7) is 1.22. The molecule has 0 spiro atoms. The summed E-state index contributed by atoms with van der Waals surface area (Å²) in [4.78, 5) is 49.6. The molecule has 11 heteroatoms. The van der Waals surface area contributed by atoms with Gasteiger partial charge in [-0.05, 0) is 12.1 Å². The molecule has 5 rings (SSSR count). The first-order chi connectivity index (χ1) is 17.0. The number of hydrogen-bond donors (Lipinski definition) is 2. The number of amides is 2. The third-order valence-corrected chi connectivity index (χ3v) is 6.01. The number of anilines is 1. The summed E-state index contributed by atoms with van der Waals surface area (Å²) in [5, 5.41) is 4.60. The smallest absolute Gasteiger partial charge is 0.295 e. The van der Waals surface area contributed by atoms with Gasteiger partial charge in [-0.25, -0.2) is 9.67 Å². The molecular weight excluding hydrogens is 450 g/mol. The van der Waals surface area contributed by atoms with E-state index in [0.29, 0.717) is 46.9 Å². The Hall–Kier alpha value is -4.67. The number of carbonyl (C=O) groups is 3. The molecule has 3 N–H and O–H groups in total. The van der Waals surface area contributed by atoms with E-state index in [9.17, 15) is 14.4 Å². The lowest BCUT2D eigenvalue weighted by Crippen LogP contribution is -2.52. The molecular formula is C24H23N7O4. The molecule has 4 heterocycles. The number of piperazine rings is 1. The van der Waals surface area contributed by atoms with Crippen molar-refractivity contribution in [1.82, 2.24) is 29.5 Å². The molecule has 0 atom stereocenters. The van der Waals surface area contributed by atoms with Crippen molar-refractivity contribution in [3.05, 3.63) is 66.1 Å². The molecule has 0 aliphatic carbocycles. The highest BCUT2D eigenvalue weighted by Crippen LogP contribution is 2.32. The standard InChI is InChI=1S/C24H23N7O4/c1-35-17-14-27-22(31-8-7-18(25)28-31)20-19(17)16(13-26-20)21(32)24(34)30-11-9-29(10-12-30)23(33)15-5-3-2-4-6-15/h2-8,13-14,26H,9-12H2,1H3,(H2,25,28). The van der Waals surface area contributed by atoms with E-state index in [1.807, 2.05) is 18.2 Å². The van der Waals surface area contributed by atoms with Crippen LogP contribution in [0, 0.1) is 0 Å². The predicted molar refractivity (Wildman–Crippen MR) is 127 cm³/mol.